The van der Waals surface area contributed by atoms with Crippen LogP contribution < -0.4 is 9.80 Å². The maximum Gasteiger partial charge on any atom is 0.163 e. The van der Waals surface area contributed by atoms with E-state index in [1.54, 1.807) is 0 Å². The standard InChI is InChI=1S/C27H34N2O/c1-5-28(6-2)24-14-9-21(10-15-24)19-23-13-18-27(30)26(23)20-22-11-16-25(17-12-22)29(7-3)8-4/h9-12,14-17,19-20H,5-8,13,18H2,1-4H3. The summed E-state index contributed by atoms with van der Waals surface area (Å²) in [4.78, 5) is 17.2. The monoisotopic (exact) mass is 402 g/mol. The molecule has 0 spiro atoms. The SMILES string of the molecule is CCN(CC)c1ccc(C=C2CCC(=O)C2=Cc2ccc(N(CC)CC)cc2)cc1. The molecule has 0 atom stereocenters. The second kappa shape index (κ2) is 10.3. The molecule has 0 aliphatic heterocycles. The van der Waals surface area contributed by atoms with Gasteiger partial charge >= 0.3 is 0 Å². The summed E-state index contributed by atoms with van der Waals surface area (Å²) >= 11 is 0. The van der Waals surface area contributed by atoms with Gasteiger partial charge in [-0.05, 0) is 81.2 Å². The van der Waals surface area contributed by atoms with Gasteiger partial charge in [-0.3, -0.25) is 4.79 Å². The van der Waals surface area contributed by atoms with Gasteiger partial charge in [-0.25, -0.2) is 0 Å². The molecule has 0 aromatic heterocycles. The number of ketones is 1. The second-order valence-electron chi connectivity index (χ2n) is 7.68. The van der Waals surface area contributed by atoms with Crippen molar-refractivity contribution in [2.24, 2.45) is 0 Å². The van der Waals surface area contributed by atoms with Gasteiger partial charge in [0.15, 0.2) is 5.78 Å². The molecule has 0 radical (unpaired) electrons. The third kappa shape index (κ3) is 5.02. The van der Waals surface area contributed by atoms with Gasteiger partial charge < -0.3 is 9.80 Å². The van der Waals surface area contributed by atoms with Crippen molar-refractivity contribution in [2.75, 3.05) is 36.0 Å². The van der Waals surface area contributed by atoms with Gasteiger partial charge in [0.2, 0.25) is 0 Å². The van der Waals surface area contributed by atoms with E-state index in [4.69, 9.17) is 0 Å². The molecule has 0 unspecified atom stereocenters. The fourth-order valence-corrected chi connectivity index (χ4v) is 4.13. The Bertz CT molecular complexity index is 899. The van der Waals surface area contributed by atoms with Crippen LogP contribution in [-0.4, -0.2) is 32.0 Å². The van der Waals surface area contributed by atoms with Crippen LogP contribution in [0.25, 0.3) is 12.2 Å². The van der Waals surface area contributed by atoms with Crippen LogP contribution in [0.15, 0.2) is 59.7 Å². The van der Waals surface area contributed by atoms with Crippen molar-refractivity contribution in [3.8, 4) is 0 Å². The Morgan fingerprint density at radius 3 is 1.53 bits per heavy atom. The van der Waals surface area contributed by atoms with E-state index in [9.17, 15) is 4.79 Å². The van der Waals surface area contributed by atoms with Gasteiger partial charge in [-0.1, -0.05) is 30.3 Å². The van der Waals surface area contributed by atoms with Crippen molar-refractivity contribution in [3.63, 3.8) is 0 Å². The van der Waals surface area contributed by atoms with Gasteiger partial charge in [0, 0.05) is 49.5 Å². The summed E-state index contributed by atoms with van der Waals surface area (Å²) in [7, 11) is 0. The van der Waals surface area contributed by atoms with Crippen LogP contribution in [0.2, 0.25) is 0 Å². The Morgan fingerprint density at radius 2 is 1.10 bits per heavy atom. The van der Waals surface area contributed by atoms with Gasteiger partial charge in [0.1, 0.15) is 0 Å². The van der Waals surface area contributed by atoms with E-state index < -0.39 is 0 Å². The zero-order valence-electron chi connectivity index (χ0n) is 18.8. The minimum atomic E-state index is 0.244. The van der Waals surface area contributed by atoms with Crippen LogP contribution in [0.3, 0.4) is 0 Å². The van der Waals surface area contributed by atoms with Crippen molar-refractivity contribution in [1.29, 1.82) is 0 Å². The first-order chi connectivity index (χ1) is 14.6. The smallest absolute Gasteiger partial charge is 0.163 e. The number of carbonyl (C=O) groups is 1. The van der Waals surface area contributed by atoms with Crippen molar-refractivity contribution in [3.05, 3.63) is 70.8 Å². The normalized spacial score (nSPS) is 16.5. The topological polar surface area (TPSA) is 23.6 Å². The number of rotatable bonds is 8. The molecule has 2 aromatic carbocycles. The van der Waals surface area contributed by atoms with E-state index in [1.165, 1.54) is 11.4 Å². The van der Waals surface area contributed by atoms with Crippen molar-refractivity contribution in [1.82, 2.24) is 0 Å². The number of Topliss-reactive ketones (excluding diaryl/α,β-unsaturated/α-hetero) is 1. The molecule has 30 heavy (non-hydrogen) atoms. The first-order valence-corrected chi connectivity index (χ1v) is 11.2. The van der Waals surface area contributed by atoms with E-state index in [0.717, 1.165) is 54.9 Å². The van der Waals surface area contributed by atoms with Gasteiger partial charge in [0.25, 0.3) is 0 Å². The Morgan fingerprint density at radius 1 is 0.667 bits per heavy atom. The highest BCUT2D eigenvalue weighted by Crippen LogP contribution is 2.31. The predicted molar refractivity (Wildman–Crippen MR) is 130 cm³/mol. The number of hydrogen-bond donors (Lipinski definition) is 0. The largest absolute Gasteiger partial charge is 0.372 e. The van der Waals surface area contributed by atoms with Crippen molar-refractivity contribution < 1.29 is 4.79 Å². The summed E-state index contributed by atoms with van der Waals surface area (Å²) in [5, 5.41) is 0. The summed E-state index contributed by atoms with van der Waals surface area (Å²) < 4.78 is 0. The molecular weight excluding hydrogens is 368 g/mol. The van der Waals surface area contributed by atoms with Crippen LogP contribution in [0, 0.1) is 0 Å². The Hall–Kier alpha value is -2.81. The molecule has 0 heterocycles. The van der Waals surface area contributed by atoms with Crippen LogP contribution in [0.4, 0.5) is 11.4 Å². The summed E-state index contributed by atoms with van der Waals surface area (Å²) in [5.74, 6) is 0.244. The summed E-state index contributed by atoms with van der Waals surface area (Å²) in [6.45, 7) is 12.7. The minimum Gasteiger partial charge on any atom is -0.372 e. The van der Waals surface area contributed by atoms with E-state index in [-0.39, 0.29) is 5.78 Å². The summed E-state index contributed by atoms with van der Waals surface area (Å²) in [6.07, 6.45) is 5.65. The van der Waals surface area contributed by atoms with E-state index in [2.05, 4.69) is 98.2 Å². The number of benzene rings is 2. The molecular formula is C27H34N2O. The van der Waals surface area contributed by atoms with Crippen LogP contribution in [0.1, 0.15) is 51.7 Å². The molecule has 1 fully saturated rings. The Labute approximate surface area is 181 Å². The fraction of sp³-hybridized carbons (Fsp3) is 0.370. The summed E-state index contributed by atoms with van der Waals surface area (Å²) in [5.41, 5.74) is 6.71. The lowest BCUT2D eigenvalue weighted by atomic mass is 10.0. The molecule has 3 heteroatoms. The molecule has 1 aliphatic carbocycles. The average molecular weight is 403 g/mol. The number of anilines is 2. The highest BCUT2D eigenvalue weighted by atomic mass is 16.1. The zero-order chi connectivity index (χ0) is 21.5. The average Bonchev–Trinajstić information content (AvgIpc) is 3.11. The van der Waals surface area contributed by atoms with E-state index >= 15 is 0 Å². The van der Waals surface area contributed by atoms with Crippen LogP contribution >= 0.6 is 0 Å². The lowest BCUT2D eigenvalue weighted by Gasteiger charge is -2.21. The molecule has 158 valence electrons. The molecule has 0 saturated heterocycles. The second-order valence-corrected chi connectivity index (χ2v) is 7.68. The Balaban J connectivity index is 1.83. The zero-order valence-corrected chi connectivity index (χ0v) is 18.8. The number of allylic oxidation sites excluding steroid dienone is 2. The number of nitrogens with zero attached hydrogens (tertiary/aromatic N) is 2. The molecule has 1 aliphatic rings. The third-order valence-corrected chi connectivity index (χ3v) is 5.96. The van der Waals surface area contributed by atoms with Crippen LogP contribution in [0.5, 0.6) is 0 Å². The lowest BCUT2D eigenvalue weighted by molar-refractivity contribution is -0.114. The molecule has 3 rings (SSSR count). The molecule has 0 amide bonds. The maximum absolute atomic E-state index is 12.5. The number of hydrogen-bond acceptors (Lipinski definition) is 3. The van der Waals surface area contributed by atoms with Gasteiger partial charge in [-0.2, -0.15) is 0 Å². The first kappa shape index (κ1) is 21.9. The molecule has 3 nitrogen and oxygen atoms in total. The highest BCUT2D eigenvalue weighted by molar-refractivity contribution is 6.08. The van der Waals surface area contributed by atoms with E-state index in [0.29, 0.717) is 6.42 Å². The quantitative estimate of drug-likeness (QED) is 0.491. The molecule has 0 bridgehead atoms. The molecule has 1 saturated carbocycles. The number of carbonyl (C=O) groups excluding carboxylic acids is 1. The molecule has 2 aromatic rings. The van der Waals surface area contributed by atoms with Crippen molar-refractivity contribution >= 4 is 29.3 Å². The van der Waals surface area contributed by atoms with Crippen molar-refractivity contribution in [2.45, 2.75) is 40.5 Å². The fourth-order valence-electron chi connectivity index (χ4n) is 4.13. The maximum atomic E-state index is 12.5. The molecule has 0 N–H and O–H groups in total. The van der Waals surface area contributed by atoms with Gasteiger partial charge in [-0.15, -0.1) is 0 Å². The van der Waals surface area contributed by atoms with Crippen LogP contribution in [-0.2, 0) is 4.79 Å². The Kier molecular flexibility index (Phi) is 7.51. The minimum absolute atomic E-state index is 0.244. The predicted octanol–water partition coefficient (Wildman–Crippen LogP) is 6.21. The third-order valence-electron chi connectivity index (χ3n) is 5.96. The lowest BCUT2D eigenvalue weighted by Crippen LogP contribution is -2.21. The van der Waals surface area contributed by atoms with Gasteiger partial charge in [0.05, 0.1) is 0 Å². The first-order valence-electron chi connectivity index (χ1n) is 11.2. The summed E-state index contributed by atoms with van der Waals surface area (Å²) in [6, 6.07) is 17.2. The van der Waals surface area contributed by atoms with E-state index in [1.807, 2.05) is 0 Å². The highest BCUT2D eigenvalue weighted by Gasteiger charge is 2.22.